The van der Waals surface area contributed by atoms with Crippen molar-refractivity contribution in [3.63, 3.8) is 0 Å². The molecule has 6 heteroatoms. The monoisotopic (exact) mass is 237 g/mol. The van der Waals surface area contributed by atoms with E-state index in [9.17, 15) is 4.79 Å². The number of pyridine rings is 1. The van der Waals surface area contributed by atoms with Crippen LogP contribution in [0.15, 0.2) is 30.6 Å². The number of hydrogen-bond acceptors (Lipinski definition) is 3. The Morgan fingerprint density at radius 3 is 2.94 bits per heavy atom. The lowest BCUT2D eigenvalue weighted by Crippen LogP contribution is -2.09. The van der Waals surface area contributed by atoms with Gasteiger partial charge in [0.25, 0.3) is 0 Å². The maximum Gasteiger partial charge on any atom is 0.309 e. The number of rotatable bonds is 3. The van der Waals surface area contributed by atoms with Gasteiger partial charge in [-0.25, -0.2) is 9.67 Å². The van der Waals surface area contributed by atoms with E-state index in [0.717, 1.165) is 0 Å². The van der Waals surface area contributed by atoms with E-state index in [-0.39, 0.29) is 6.42 Å². The Balaban J connectivity index is 2.45. The summed E-state index contributed by atoms with van der Waals surface area (Å²) in [6, 6.07) is 5.00. The molecule has 2 aromatic rings. The largest absolute Gasteiger partial charge is 0.481 e. The molecule has 0 aliphatic carbocycles. The van der Waals surface area contributed by atoms with Crippen molar-refractivity contribution in [2.75, 3.05) is 0 Å². The maximum absolute atomic E-state index is 10.6. The molecule has 2 rings (SSSR count). The van der Waals surface area contributed by atoms with Crippen molar-refractivity contribution in [1.82, 2.24) is 14.8 Å². The Morgan fingerprint density at radius 2 is 2.25 bits per heavy atom. The molecule has 2 aromatic heterocycles. The standard InChI is InChI=1S/C10H8ClN3O2/c11-8-2-1-4-12-10(8)14-7(3-5-13-14)6-9(15)16/h1-5H,6H2,(H,15,16). The van der Waals surface area contributed by atoms with E-state index < -0.39 is 5.97 Å². The Bertz CT molecular complexity index is 524. The van der Waals surface area contributed by atoms with E-state index in [4.69, 9.17) is 16.7 Å². The average molecular weight is 238 g/mol. The van der Waals surface area contributed by atoms with Crippen LogP contribution in [0.1, 0.15) is 5.69 Å². The highest BCUT2D eigenvalue weighted by atomic mass is 35.5. The molecule has 1 N–H and O–H groups in total. The van der Waals surface area contributed by atoms with E-state index in [1.54, 1.807) is 24.4 Å². The van der Waals surface area contributed by atoms with Gasteiger partial charge in [0.1, 0.15) is 0 Å². The molecule has 82 valence electrons. The first-order valence-electron chi connectivity index (χ1n) is 4.54. The van der Waals surface area contributed by atoms with E-state index in [0.29, 0.717) is 16.5 Å². The summed E-state index contributed by atoms with van der Waals surface area (Å²) < 4.78 is 1.43. The SMILES string of the molecule is O=C(O)Cc1ccnn1-c1ncccc1Cl. The van der Waals surface area contributed by atoms with Gasteiger partial charge in [-0.3, -0.25) is 4.79 Å². The molecule has 0 atom stereocenters. The third kappa shape index (κ3) is 2.04. The Morgan fingerprint density at radius 1 is 1.44 bits per heavy atom. The van der Waals surface area contributed by atoms with Crippen LogP contribution in [0.4, 0.5) is 0 Å². The number of aliphatic carboxylic acids is 1. The highest BCUT2D eigenvalue weighted by Crippen LogP contribution is 2.18. The van der Waals surface area contributed by atoms with Crippen molar-refractivity contribution >= 4 is 17.6 Å². The van der Waals surface area contributed by atoms with Crippen LogP contribution in [0.2, 0.25) is 5.02 Å². The molecule has 0 saturated heterocycles. The van der Waals surface area contributed by atoms with Crippen molar-refractivity contribution < 1.29 is 9.90 Å². The fourth-order valence-corrected chi connectivity index (χ4v) is 1.55. The zero-order chi connectivity index (χ0) is 11.5. The van der Waals surface area contributed by atoms with Gasteiger partial charge in [-0.1, -0.05) is 11.6 Å². The number of nitrogens with zero attached hydrogens (tertiary/aromatic N) is 3. The summed E-state index contributed by atoms with van der Waals surface area (Å²) in [6.07, 6.45) is 2.98. The highest BCUT2D eigenvalue weighted by molar-refractivity contribution is 6.32. The topological polar surface area (TPSA) is 68.0 Å². The van der Waals surface area contributed by atoms with Gasteiger partial charge in [-0.05, 0) is 18.2 Å². The maximum atomic E-state index is 10.6. The summed E-state index contributed by atoms with van der Waals surface area (Å²) in [7, 11) is 0. The van der Waals surface area contributed by atoms with E-state index in [1.165, 1.54) is 10.9 Å². The van der Waals surface area contributed by atoms with Crippen LogP contribution < -0.4 is 0 Å². The number of carboxylic acid groups (broad SMARTS) is 1. The van der Waals surface area contributed by atoms with Crippen LogP contribution >= 0.6 is 11.6 Å². The van der Waals surface area contributed by atoms with Crippen LogP contribution in [-0.2, 0) is 11.2 Å². The molecule has 0 radical (unpaired) electrons. The molecule has 0 aromatic carbocycles. The lowest BCUT2D eigenvalue weighted by molar-refractivity contribution is -0.136. The summed E-state index contributed by atoms with van der Waals surface area (Å²) in [4.78, 5) is 14.7. The Hall–Kier alpha value is -1.88. The first-order chi connectivity index (χ1) is 7.68. The summed E-state index contributed by atoms with van der Waals surface area (Å²) in [5.41, 5.74) is 0.535. The van der Waals surface area contributed by atoms with Crippen LogP contribution in [0.3, 0.4) is 0 Å². The predicted octanol–water partition coefficient (Wildman–Crippen LogP) is 1.55. The molecule has 0 amide bonds. The molecule has 0 aliphatic heterocycles. The van der Waals surface area contributed by atoms with Gasteiger partial charge in [0.15, 0.2) is 5.82 Å². The minimum atomic E-state index is -0.922. The van der Waals surface area contributed by atoms with Crippen LogP contribution in [0.5, 0.6) is 0 Å². The molecule has 0 fully saturated rings. The van der Waals surface area contributed by atoms with E-state index >= 15 is 0 Å². The second-order valence-electron chi connectivity index (χ2n) is 3.11. The van der Waals surface area contributed by atoms with Crippen molar-refractivity contribution in [1.29, 1.82) is 0 Å². The normalized spacial score (nSPS) is 10.3. The van der Waals surface area contributed by atoms with Crippen molar-refractivity contribution in [2.45, 2.75) is 6.42 Å². The fraction of sp³-hybridized carbons (Fsp3) is 0.100. The third-order valence-electron chi connectivity index (χ3n) is 1.99. The second-order valence-corrected chi connectivity index (χ2v) is 3.52. The molecule has 0 aliphatic rings. The molecule has 16 heavy (non-hydrogen) atoms. The molecule has 0 unspecified atom stereocenters. The van der Waals surface area contributed by atoms with Crippen molar-refractivity contribution in [2.24, 2.45) is 0 Å². The van der Waals surface area contributed by atoms with Crippen molar-refractivity contribution in [3.8, 4) is 5.82 Å². The molecule has 5 nitrogen and oxygen atoms in total. The molecular weight excluding hydrogens is 230 g/mol. The first kappa shape index (κ1) is 10.6. The second kappa shape index (κ2) is 4.32. The molecule has 0 bridgehead atoms. The minimum Gasteiger partial charge on any atom is -0.481 e. The number of carboxylic acids is 1. The van der Waals surface area contributed by atoms with Gasteiger partial charge in [0.05, 0.1) is 17.1 Å². The summed E-state index contributed by atoms with van der Waals surface area (Å²) >= 11 is 5.95. The van der Waals surface area contributed by atoms with Gasteiger partial charge in [-0.2, -0.15) is 5.10 Å². The van der Waals surface area contributed by atoms with Gasteiger partial charge in [0, 0.05) is 12.4 Å². The smallest absolute Gasteiger partial charge is 0.309 e. The summed E-state index contributed by atoms with van der Waals surface area (Å²) in [6.45, 7) is 0. The van der Waals surface area contributed by atoms with E-state index in [1.807, 2.05) is 0 Å². The van der Waals surface area contributed by atoms with E-state index in [2.05, 4.69) is 10.1 Å². The zero-order valence-corrected chi connectivity index (χ0v) is 8.92. The number of halogens is 1. The molecule has 0 spiro atoms. The number of aromatic nitrogens is 3. The molecule has 0 saturated carbocycles. The Labute approximate surface area is 96.3 Å². The third-order valence-corrected chi connectivity index (χ3v) is 2.29. The lowest BCUT2D eigenvalue weighted by Gasteiger charge is -2.05. The van der Waals surface area contributed by atoms with Gasteiger partial charge < -0.3 is 5.11 Å². The number of hydrogen-bond donors (Lipinski definition) is 1. The van der Waals surface area contributed by atoms with Crippen LogP contribution in [0, 0.1) is 0 Å². The summed E-state index contributed by atoms with van der Waals surface area (Å²) in [5.74, 6) is -0.487. The van der Waals surface area contributed by atoms with Crippen molar-refractivity contribution in [3.05, 3.63) is 41.3 Å². The zero-order valence-electron chi connectivity index (χ0n) is 8.17. The van der Waals surface area contributed by atoms with Crippen LogP contribution in [0.25, 0.3) is 5.82 Å². The predicted molar refractivity (Wildman–Crippen MR) is 57.7 cm³/mol. The number of carbonyl (C=O) groups is 1. The lowest BCUT2D eigenvalue weighted by atomic mass is 10.3. The molecule has 2 heterocycles. The first-order valence-corrected chi connectivity index (χ1v) is 4.92. The fourth-order valence-electron chi connectivity index (χ4n) is 1.34. The van der Waals surface area contributed by atoms with Gasteiger partial charge in [-0.15, -0.1) is 0 Å². The highest BCUT2D eigenvalue weighted by Gasteiger charge is 2.11. The van der Waals surface area contributed by atoms with Gasteiger partial charge >= 0.3 is 5.97 Å². The summed E-state index contributed by atoms with van der Waals surface area (Å²) in [5, 5.41) is 13.2. The van der Waals surface area contributed by atoms with Gasteiger partial charge in [0.2, 0.25) is 0 Å². The average Bonchev–Trinajstić information content (AvgIpc) is 2.66. The minimum absolute atomic E-state index is 0.118. The molecular formula is C10H8ClN3O2. The Kier molecular flexibility index (Phi) is 2.87. The van der Waals surface area contributed by atoms with Crippen LogP contribution in [-0.4, -0.2) is 25.8 Å². The quantitative estimate of drug-likeness (QED) is 0.880.